The van der Waals surface area contributed by atoms with Crippen molar-refractivity contribution < 1.29 is 41.9 Å². The fraction of sp³-hybridized carbons (Fsp3) is 0.206. The van der Waals surface area contributed by atoms with Gasteiger partial charge in [-0.1, -0.05) is 11.2 Å². The fourth-order valence-electron chi connectivity index (χ4n) is 4.51. The van der Waals surface area contributed by atoms with Gasteiger partial charge in [-0.25, -0.2) is 18.4 Å². The number of amides is 2. The molecule has 1 atom stereocenters. The van der Waals surface area contributed by atoms with E-state index in [0.29, 0.717) is 28.1 Å². The smallest absolute Gasteiger partial charge is 0.412 e. The van der Waals surface area contributed by atoms with E-state index in [4.69, 9.17) is 13.7 Å². The highest BCUT2D eigenvalue weighted by Crippen LogP contribution is 2.27. The van der Waals surface area contributed by atoms with E-state index >= 15 is 4.39 Å². The number of aromatic nitrogens is 2. The zero-order valence-corrected chi connectivity index (χ0v) is 25.8. The van der Waals surface area contributed by atoms with Crippen LogP contribution in [0.3, 0.4) is 0 Å². The summed E-state index contributed by atoms with van der Waals surface area (Å²) in [5, 5.41) is 18.6. The summed E-state index contributed by atoms with van der Waals surface area (Å²) in [5.74, 6) is -2.99. The number of aryl methyl sites for hydroxylation is 1. The zero-order valence-electron chi connectivity index (χ0n) is 25.8. The molecule has 3 aromatic carbocycles. The molecule has 0 aliphatic rings. The fourth-order valence-corrected chi connectivity index (χ4v) is 4.51. The van der Waals surface area contributed by atoms with Crippen LogP contribution in [0.4, 0.5) is 19.3 Å². The number of ether oxygens (including phenoxy) is 1. The van der Waals surface area contributed by atoms with Crippen LogP contribution in [0.1, 0.15) is 42.5 Å². The number of hydrogen-bond acceptors (Lipinski definition) is 8. The second kappa shape index (κ2) is 13.3. The summed E-state index contributed by atoms with van der Waals surface area (Å²) < 4.78 is 44.9. The summed E-state index contributed by atoms with van der Waals surface area (Å²) in [6.07, 6.45) is -0.838. The van der Waals surface area contributed by atoms with Crippen molar-refractivity contribution in [2.45, 2.75) is 45.8 Å². The SMILES string of the molecule is Cc1cc(-c2ccc(C(=O)NC(Cc3ccc(-c4noc(-c5ccc(NC(=O)OC(C)(C)C)cc5)n4)c(F)c3)C(=O)O)o2)ccc1F. The van der Waals surface area contributed by atoms with Gasteiger partial charge in [0.2, 0.25) is 5.82 Å². The molecule has 5 aromatic rings. The molecule has 2 heterocycles. The summed E-state index contributed by atoms with van der Waals surface area (Å²) in [5.41, 5.74) is 1.60. The molecule has 0 radical (unpaired) electrons. The molecule has 2 aromatic heterocycles. The van der Waals surface area contributed by atoms with Gasteiger partial charge in [0.25, 0.3) is 11.8 Å². The average Bonchev–Trinajstić information content (AvgIpc) is 3.69. The van der Waals surface area contributed by atoms with E-state index in [2.05, 4.69) is 20.8 Å². The third kappa shape index (κ3) is 8.06. The topological polar surface area (TPSA) is 157 Å². The van der Waals surface area contributed by atoms with Crippen molar-refractivity contribution in [2.24, 2.45) is 0 Å². The molecule has 0 spiro atoms. The first-order chi connectivity index (χ1) is 22.3. The Balaban J connectivity index is 1.23. The summed E-state index contributed by atoms with van der Waals surface area (Å²) in [4.78, 5) is 41.0. The molecule has 0 aliphatic heterocycles. The zero-order chi connectivity index (χ0) is 33.9. The normalized spacial score (nSPS) is 12.0. The van der Waals surface area contributed by atoms with Crippen molar-refractivity contribution in [2.75, 3.05) is 5.32 Å². The van der Waals surface area contributed by atoms with E-state index < -0.39 is 35.4 Å². The number of carbonyl (C=O) groups excluding carboxylic acids is 2. The van der Waals surface area contributed by atoms with Crippen LogP contribution in [-0.2, 0) is 16.0 Å². The number of benzene rings is 3. The lowest BCUT2D eigenvalue weighted by molar-refractivity contribution is -0.139. The van der Waals surface area contributed by atoms with Gasteiger partial charge in [-0.05, 0) is 106 Å². The lowest BCUT2D eigenvalue weighted by atomic mass is 10.0. The highest BCUT2D eigenvalue weighted by atomic mass is 19.1. The van der Waals surface area contributed by atoms with Crippen LogP contribution in [0.25, 0.3) is 34.2 Å². The highest BCUT2D eigenvalue weighted by molar-refractivity contribution is 5.95. The molecule has 11 nitrogen and oxygen atoms in total. The first-order valence-electron chi connectivity index (χ1n) is 14.4. The number of nitrogens with zero attached hydrogens (tertiary/aromatic N) is 2. The van der Waals surface area contributed by atoms with E-state index in [0.717, 1.165) is 6.07 Å². The van der Waals surface area contributed by atoms with E-state index in [1.807, 2.05) is 0 Å². The van der Waals surface area contributed by atoms with Crippen LogP contribution in [-0.4, -0.2) is 44.9 Å². The molecule has 0 saturated carbocycles. The molecule has 47 heavy (non-hydrogen) atoms. The van der Waals surface area contributed by atoms with Gasteiger partial charge in [0.05, 0.1) is 5.56 Å². The molecule has 0 bridgehead atoms. The van der Waals surface area contributed by atoms with Crippen LogP contribution < -0.4 is 10.6 Å². The Morgan fingerprint density at radius 1 is 0.936 bits per heavy atom. The van der Waals surface area contributed by atoms with Gasteiger partial charge in [-0.2, -0.15) is 4.98 Å². The predicted molar refractivity (Wildman–Crippen MR) is 166 cm³/mol. The Morgan fingerprint density at radius 2 is 1.66 bits per heavy atom. The largest absolute Gasteiger partial charge is 0.480 e. The molecule has 0 saturated heterocycles. The number of carboxylic acids is 1. The molecule has 13 heteroatoms. The summed E-state index contributed by atoms with van der Waals surface area (Å²) in [6, 6.07) is 16.4. The molecule has 0 aliphatic carbocycles. The molecule has 0 fully saturated rings. The Morgan fingerprint density at radius 3 is 2.32 bits per heavy atom. The van der Waals surface area contributed by atoms with E-state index in [9.17, 15) is 23.9 Å². The molecule has 242 valence electrons. The molecule has 3 N–H and O–H groups in total. The van der Waals surface area contributed by atoms with Crippen LogP contribution in [0.5, 0.6) is 0 Å². The van der Waals surface area contributed by atoms with E-state index in [1.165, 1.54) is 36.4 Å². The number of halogens is 2. The number of furan rings is 1. The maximum atomic E-state index is 15.2. The van der Waals surface area contributed by atoms with Crippen LogP contribution in [0.15, 0.2) is 81.7 Å². The van der Waals surface area contributed by atoms with Crippen molar-refractivity contribution in [3.05, 3.63) is 101 Å². The molecule has 5 rings (SSSR count). The van der Waals surface area contributed by atoms with E-state index in [1.54, 1.807) is 58.0 Å². The number of anilines is 1. The van der Waals surface area contributed by atoms with Crippen molar-refractivity contribution in [1.29, 1.82) is 0 Å². The van der Waals surface area contributed by atoms with Gasteiger partial charge in [-0.15, -0.1) is 0 Å². The number of hydrogen-bond donors (Lipinski definition) is 3. The maximum Gasteiger partial charge on any atom is 0.412 e. The van der Waals surface area contributed by atoms with Gasteiger partial charge < -0.3 is 24.1 Å². The number of rotatable bonds is 9. The highest BCUT2D eigenvalue weighted by Gasteiger charge is 2.24. The second-order valence-corrected chi connectivity index (χ2v) is 11.6. The Bertz CT molecular complexity index is 1940. The monoisotopic (exact) mass is 644 g/mol. The van der Waals surface area contributed by atoms with Gasteiger partial charge in [0.1, 0.15) is 29.0 Å². The predicted octanol–water partition coefficient (Wildman–Crippen LogP) is 7.02. The summed E-state index contributed by atoms with van der Waals surface area (Å²) >= 11 is 0. The molecular weight excluding hydrogens is 614 g/mol. The third-order valence-electron chi connectivity index (χ3n) is 6.79. The molecule has 1 unspecified atom stereocenters. The lowest BCUT2D eigenvalue weighted by Gasteiger charge is -2.19. The van der Waals surface area contributed by atoms with E-state index in [-0.39, 0.29) is 40.8 Å². The van der Waals surface area contributed by atoms with Crippen molar-refractivity contribution in [3.63, 3.8) is 0 Å². The van der Waals surface area contributed by atoms with Crippen molar-refractivity contribution in [3.8, 4) is 34.2 Å². The quantitative estimate of drug-likeness (QED) is 0.153. The molecular formula is C34H30F2N4O7. The third-order valence-corrected chi connectivity index (χ3v) is 6.79. The minimum atomic E-state index is -1.40. The van der Waals surface area contributed by atoms with Crippen LogP contribution >= 0.6 is 0 Å². The Labute approximate surface area is 267 Å². The molecule has 2 amide bonds. The summed E-state index contributed by atoms with van der Waals surface area (Å²) in [6.45, 7) is 6.86. The van der Waals surface area contributed by atoms with Gasteiger partial charge in [0.15, 0.2) is 5.76 Å². The standard InChI is InChI=1S/C34H30F2N4O7/c1-18-15-21(8-12-24(18)35)27-13-14-28(45-27)30(41)38-26(32(42)43)17-19-5-11-23(25(36)16-19)29-39-31(47-40-29)20-6-9-22(10-7-20)37-33(44)46-34(2,3)4/h5-16,26H,17H2,1-4H3,(H,37,44)(H,38,41)(H,42,43). The minimum Gasteiger partial charge on any atom is -0.480 e. The van der Waals surface area contributed by atoms with Crippen LogP contribution in [0.2, 0.25) is 0 Å². The lowest BCUT2D eigenvalue weighted by Crippen LogP contribution is -2.42. The first-order valence-corrected chi connectivity index (χ1v) is 14.4. The van der Waals surface area contributed by atoms with Gasteiger partial charge >= 0.3 is 12.1 Å². The van der Waals surface area contributed by atoms with Crippen molar-refractivity contribution in [1.82, 2.24) is 15.5 Å². The number of carbonyl (C=O) groups is 3. The number of nitrogens with one attached hydrogen (secondary N) is 2. The maximum absolute atomic E-state index is 15.2. The average molecular weight is 645 g/mol. The number of aliphatic carboxylic acids is 1. The number of carboxylic acid groups (broad SMARTS) is 1. The van der Waals surface area contributed by atoms with Crippen LogP contribution in [0, 0.1) is 18.6 Å². The Hall–Kier alpha value is -5.85. The van der Waals surface area contributed by atoms with Crippen molar-refractivity contribution >= 4 is 23.7 Å². The minimum absolute atomic E-state index is 0.0158. The summed E-state index contributed by atoms with van der Waals surface area (Å²) in [7, 11) is 0. The van der Waals surface area contributed by atoms with Gasteiger partial charge in [0, 0.05) is 23.2 Å². The van der Waals surface area contributed by atoms with Gasteiger partial charge in [-0.3, -0.25) is 10.1 Å². The Kier molecular flexibility index (Phi) is 9.17. The second-order valence-electron chi connectivity index (χ2n) is 11.6. The first kappa shape index (κ1) is 32.5.